The highest BCUT2D eigenvalue weighted by Gasteiger charge is 2.19. The Balaban J connectivity index is 2.09. The second-order valence-corrected chi connectivity index (χ2v) is 6.38. The Morgan fingerprint density at radius 3 is 2.30 bits per heavy atom. The Labute approximate surface area is 154 Å². The number of para-hydroxylation sites is 2. The number of nitrogens with one attached hydrogen (secondary N) is 1. The topological polar surface area (TPSA) is 77.0 Å². The van der Waals surface area contributed by atoms with Crippen molar-refractivity contribution in [2.75, 3.05) is 5.32 Å². The number of nitrogens with zero attached hydrogens (tertiary/aromatic N) is 1. The predicted molar refractivity (Wildman–Crippen MR) is 96.2 cm³/mol. The Hall–Kier alpha value is -3.29. The Morgan fingerprint density at radius 1 is 1.04 bits per heavy atom. The zero-order valence-electron chi connectivity index (χ0n) is 15.0. The van der Waals surface area contributed by atoms with Crippen molar-refractivity contribution in [3.63, 3.8) is 0 Å². The van der Waals surface area contributed by atoms with E-state index in [-0.39, 0.29) is 5.69 Å². The van der Waals surface area contributed by atoms with Crippen molar-refractivity contribution in [3.8, 4) is 0 Å². The van der Waals surface area contributed by atoms with E-state index in [0.717, 1.165) is 24.6 Å². The van der Waals surface area contributed by atoms with Crippen molar-refractivity contribution >= 4 is 29.8 Å². The van der Waals surface area contributed by atoms with E-state index >= 15 is 0 Å². The zero-order valence-corrected chi connectivity index (χ0v) is 15.0. The minimum Gasteiger partial charge on any atom is -0.444 e. The molecule has 6 nitrogen and oxygen atoms in total. The SMILES string of the molecule is CC(C)(C)OC(=O)Nc1ccccc1N=COC(=O)c1c(F)cccc1F. The molecular formula is C19H18F2N2O4. The number of hydrogen-bond donors (Lipinski definition) is 1. The average molecular weight is 376 g/mol. The maximum atomic E-state index is 13.5. The van der Waals surface area contributed by atoms with Gasteiger partial charge in [0.2, 0.25) is 0 Å². The van der Waals surface area contributed by atoms with Crippen molar-refractivity contribution < 1.29 is 27.8 Å². The van der Waals surface area contributed by atoms with E-state index in [1.165, 1.54) is 0 Å². The molecule has 1 N–H and O–H groups in total. The van der Waals surface area contributed by atoms with Gasteiger partial charge in [-0.15, -0.1) is 0 Å². The van der Waals surface area contributed by atoms with E-state index in [1.807, 2.05) is 0 Å². The second-order valence-electron chi connectivity index (χ2n) is 6.38. The summed E-state index contributed by atoms with van der Waals surface area (Å²) in [7, 11) is 0. The van der Waals surface area contributed by atoms with Gasteiger partial charge >= 0.3 is 12.1 Å². The summed E-state index contributed by atoms with van der Waals surface area (Å²) in [6, 6.07) is 9.43. The molecule has 0 fully saturated rings. The first-order valence-electron chi connectivity index (χ1n) is 7.94. The summed E-state index contributed by atoms with van der Waals surface area (Å²) in [6.45, 7) is 5.16. The van der Waals surface area contributed by atoms with Crippen LogP contribution in [0, 0.1) is 11.6 Å². The second kappa shape index (κ2) is 8.39. The third-order valence-electron chi connectivity index (χ3n) is 3.06. The lowest BCUT2D eigenvalue weighted by atomic mass is 10.2. The molecule has 142 valence electrons. The average Bonchev–Trinajstić information content (AvgIpc) is 2.54. The molecule has 0 aliphatic rings. The summed E-state index contributed by atoms with van der Waals surface area (Å²) < 4.78 is 36.9. The minimum absolute atomic E-state index is 0.255. The molecule has 0 aliphatic carbocycles. The number of ether oxygens (including phenoxy) is 2. The smallest absolute Gasteiger partial charge is 0.412 e. The van der Waals surface area contributed by atoms with E-state index < -0.39 is 34.9 Å². The van der Waals surface area contributed by atoms with Crippen LogP contribution in [0.3, 0.4) is 0 Å². The molecule has 0 atom stereocenters. The number of amides is 1. The third kappa shape index (κ3) is 5.88. The highest BCUT2D eigenvalue weighted by Crippen LogP contribution is 2.24. The molecule has 0 radical (unpaired) electrons. The first-order valence-corrected chi connectivity index (χ1v) is 7.94. The molecule has 0 spiro atoms. The van der Waals surface area contributed by atoms with Crippen LogP contribution in [0.4, 0.5) is 25.0 Å². The lowest BCUT2D eigenvalue weighted by Gasteiger charge is -2.20. The number of carbonyl (C=O) groups is 2. The van der Waals surface area contributed by atoms with Gasteiger partial charge < -0.3 is 9.47 Å². The van der Waals surface area contributed by atoms with Crippen LogP contribution < -0.4 is 5.32 Å². The van der Waals surface area contributed by atoms with Gasteiger partial charge in [0.05, 0.1) is 11.4 Å². The summed E-state index contributed by atoms with van der Waals surface area (Å²) in [5, 5.41) is 2.52. The van der Waals surface area contributed by atoms with Gasteiger partial charge in [-0.3, -0.25) is 5.32 Å². The third-order valence-corrected chi connectivity index (χ3v) is 3.06. The van der Waals surface area contributed by atoms with Gasteiger partial charge in [0.15, 0.2) is 6.40 Å². The highest BCUT2D eigenvalue weighted by molar-refractivity contribution is 5.95. The standard InChI is InChI=1S/C19H18F2N2O4/c1-19(2,3)27-18(25)23-15-10-5-4-9-14(15)22-11-26-17(24)16-12(20)7-6-8-13(16)21/h4-11H,1-3H3,(H,23,25). The van der Waals surface area contributed by atoms with E-state index in [0.29, 0.717) is 5.69 Å². The van der Waals surface area contributed by atoms with Crippen LogP contribution in [0.2, 0.25) is 0 Å². The molecule has 0 saturated carbocycles. The molecule has 0 aliphatic heterocycles. The summed E-state index contributed by atoms with van der Waals surface area (Å²) >= 11 is 0. The van der Waals surface area contributed by atoms with Gasteiger partial charge in [-0.2, -0.15) is 0 Å². The van der Waals surface area contributed by atoms with Crippen molar-refractivity contribution in [1.82, 2.24) is 0 Å². The van der Waals surface area contributed by atoms with Gasteiger partial charge in [0.25, 0.3) is 0 Å². The molecule has 0 unspecified atom stereocenters. The van der Waals surface area contributed by atoms with Crippen LogP contribution in [-0.4, -0.2) is 24.1 Å². The quantitative estimate of drug-likeness (QED) is 0.471. The van der Waals surface area contributed by atoms with Crippen LogP contribution in [0.1, 0.15) is 31.1 Å². The molecule has 2 aromatic carbocycles. The normalized spacial score (nSPS) is 11.3. The fourth-order valence-electron chi connectivity index (χ4n) is 1.99. The number of hydrogen-bond acceptors (Lipinski definition) is 5. The highest BCUT2D eigenvalue weighted by atomic mass is 19.1. The van der Waals surface area contributed by atoms with Gasteiger partial charge in [0.1, 0.15) is 22.8 Å². The monoisotopic (exact) mass is 376 g/mol. The number of anilines is 1. The number of benzene rings is 2. The molecule has 2 aromatic rings. The largest absolute Gasteiger partial charge is 0.444 e. The Morgan fingerprint density at radius 2 is 1.67 bits per heavy atom. The molecule has 1 amide bonds. The molecular weight excluding hydrogens is 358 g/mol. The molecule has 2 rings (SSSR count). The van der Waals surface area contributed by atoms with E-state index in [9.17, 15) is 18.4 Å². The van der Waals surface area contributed by atoms with Crippen LogP contribution in [0.5, 0.6) is 0 Å². The Kier molecular flexibility index (Phi) is 6.23. The maximum Gasteiger partial charge on any atom is 0.412 e. The molecule has 0 saturated heterocycles. The number of aliphatic imine (C=N–C) groups is 1. The van der Waals surface area contributed by atoms with E-state index in [4.69, 9.17) is 4.74 Å². The first kappa shape index (κ1) is 20.0. The summed E-state index contributed by atoms with van der Waals surface area (Å²) in [4.78, 5) is 27.6. The van der Waals surface area contributed by atoms with Crippen molar-refractivity contribution in [2.24, 2.45) is 4.99 Å². The van der Waals surface area contributed by atoms with Crippen molar-refractivity contribution in [1.29, 1.82) is 0 Å². The van der Waals surface area contributed by atoms with Crippen molar-refractivity contribution in [3.05, 3.63) is 59.7 Å². The fraction of sp³-hybridized carbons (Fsp3) is 0.211. The van der Waals surface area contributed by atoms with Crippen molar-refractivity contribution in [2.45, 2.75) is 26.4 Å². The number of carbonyl (C=O) groups excluding carboxylic acids is 2. The first-order chi connectivity index (χ1) is 12.7. The van der Waals surface area contributed by atoms with Gasteiger partial charge in [-0.05, 0) is 45.0 Å². The summed E-state index contributed by atoms with van der Waals surface area (Å²) in [6.07, 6.45) is 0.0552. The van der Waals surface area contributed by atoms with Crippen LogP contribution in [0.25, 0.3) is 0 Å². The van der Waals surface area contributed by atoms with E-state index in [1.54, 1.807) is 45.0 Å². The number of halogens is 2. The molecule has 0 bridgehead atoms. The molecule has 27 heavy (non-hydrogen) atoms. The number of esters is 1. The maximum absolute atomic E-state index is 13.5. The molecule has 0 heterocycles. The minimum atomic E-state index is -1.23. The van der Waals surface area contributed by atoms with Crippen LogP contribution in [-0.2, 0) is 9.47 Å². The van der Waals surface area contributed by atoms with E-state index in [2.05, 4.69) is 15.0 Å². The van der Waals surface area contributed by atoms with Crippen LogP contribution >= 0.6 is 0 Å². The summed E-state index contributed by atoms with van der Waals surface area (Å²) in [5.41, 5.74) is -0.938. The Bertz CT molecular complexity index is 856. The lowest BCUT2D eigenvalue weighted by Crippen LogP contribution is -2.27. The van der Waals surface area contributed by atoms with Crippen LogP contribution in [0.15, 0.2) is 47.5 Å². The van der Waals surface area contributed by atoms with Gasteiger partial charge in [0, 0.05) is 0 Å². The molecule has 0 aromatic heterocycles. The number of rotatable bonds is 4. The summed E-state index contributed by atoms with van der Waals surface area (Å²) in [5.74, 6) is -3.31. The zero-order chi connectivity index (χ0) is 20.0. The fourth-order valence-corrected chi connectivity index (χ4v) is 1.99. The van der Waals surface area contributed by atoms with Gasteiger partial charge in [-0.1, -0.05) is 18.2 Å². The predicted octanol–water partition coefficient (Wildman–Crippen LogP) is 4.83. The molecule has 8 heteroatoms. The lowest BCUT2D eigenvalue weighted by molar-refractivity contribution is 0.0634. The van der Waals surface area contributed by atoms with Gasteiger partial charge in [-0.25, -0.2) is 23.4 Å².